The van der Waals surface area contributed by atoms with Gasteiger partial charge in [-0.05, 0) is 49.4 Å². The summed E-state index contributed by atoms with van der Waals surface area (Å²) in [5.41, 5.74) is 2.15. The van der Waals surface area contributed by atoms with E-state index in [-0.39, 0.29) is 24.0 Å². The van der Waals surface area contributed by atoms with Crippen LogP contribution in [0.3, 0.4) is 0 Å². The van der Waals surface area contributed by atoms with Crippen molar-refractivity contribution in [3.8, 4) is 5.69 Å². The van der Waals surface area contributed by atoms with Crippen LogP contribution in [0.1, 0.15) is 34.6 Å². The number of hydrogen-bond donors (Lipinski definition) is 2. The Kier molecular flexibility index (Phi) is 6.49. The lowest BCUT2D eigenvalue weighted by molar-refractivity contribution is -0.131. The number of H-pyrrole nitrogens is 1. The van der Waals surface area contributed by atoms with Crippen LogP contribution in [0.5, 0.6) is 0 Å². The molecule has 0 unspecified atom stereocenters. The molecule has 4 rings (SSSR count). The molecule has 1 saturated heterocycles. The minimum absolute atomic E-state index is 0.00934. The van der Waals surface area contributed by atoms with Gasteiger partial charge in [-0.25, -0.2) is 14.5 Å². The van der Waals surface area contributed by atoms with Crippen LogP contribution in [-0.4, -0.2) is 51.1 Å². The van der Waals surface area contributed by atoms with Crippen LogP contribution in [0.15, 0.2) is 59.4 Å². The molecule has 8 heteroatoms. The van der Waals surface area contributed by atoms with Crippen molar-refractivity contribution in [1.29, 1.82) is 0 Å². The van der Waals surface area contributed by atoms with Crippen LogP contribution in [0.2, 0.25) is 0 Å². The average molecular weight is 434 g/mol. The molecule has 2 amide bonds. The first kappa shape index (κ1) is 21.5. The van der Waals surface area contributed by atoms with E-state index in [0.29, 0.717) is 36.8 Å². The molecule has 32 heavy (non-hydrogen) atoms. The number of carbonyl (C=O) groups is 2. The van der Waals surface area contributed by atoms with Crippen molar-refractivity contribution in [2.24, 2.45) is 5.92 Å². The van der Waals surface area contributed by atoms with Crippen LogP contribution in [0.4, 0.5) is 0 Å². The molecule has 0 bridgehead atoms. The molecule has 0 saturated carbocycles. The highest BCUT2D eigenvalue weighted by Gasteiger charge is 2.25. The van der Waals surface area contributed by atoms with E-state index < -0.39 is 0 Å². The highest BCUT2D eigenvalue weighted by molar-refractivity contribution is 5.96. The van der Waals surface area contributed by atoms with Gasteiger partial charge < -0.3 is 10.2 Å². The lowest BCUT2D eigenvalue weighted by Crippen LogP contribution is -2.44. The summed E-state index contributed by atoms with van der Waals surface area (Å²) in [6.07, 6.45) is 2.32. The maximum Gasteiger partial charge on any atom is 0.347 e. The average Bonchev–Trinajstić information content (AvgIpc) is 3.18. The zero-order chi connectivity index (χ0) is 22.5. The fourth-order valence-electron chi connectivity index (χ4n) is 4.13. The van der Waals surface area contributed by atoms with Gasteiger partial charge in [0, 0.05) is 25.1 Å². The summed E-state index contributed by atoms with van der Waals surface area (Å²) in [6, 6.07) is 16.6. The normalized spacial score (nSPS) is 14.3. The van der Waals surface area contributed by atoms with Crippen molar-refractivity contribution >= 4 is 11.8 Å². The SMILES string of the molecule is Cc1ccccc1-n1c(CC2CCN(C(=O)CNC(=O)c3ccccc3)CC2)n[nH]c1=O. The number of rotatable bonds is 6. The standard InChI is InChI=1S/C24H27N5O3/c1-17-7-5-6-10-20(17)29-21(26-27-24(29)32)15-18-11-13-28(14-12-18)22(30)16-25-23(31)19-8-3-2-4-9-19/h2-10,18H,11-16H2,1H3,(H,25,31)(H,27,32). The molecular formula is C24H27N5O3. The zero-order valence-electron chi connectivity index (χ0n) is 18.1. The zero-order valence-corrected chi connectivity index (χ0v) is 18.1. The second-order valence-electron chi connectivity index (χ2n) is 8.14. The fraction of sp³-hybridized carbons (Fsp3) is 0.333. The Balaban J connectivity index is 1.31. The molecule has 1 aliphatic heterocycles. The smallest absolute Gasteiger partial charge is 0.343 e. The Labute approximate surface area is 186 Å². The van der Waals surface area contributed by atoms with Gasteiger partial charge in [0.15, 0.2) is 0 Å². The largest absolute Gasteiger partial charge is 0.347 e. The molecule has 3 aromatic rings. The summed E-state index contributed by atoms with van der Waals surface area (Å²) in [5, 5.41) is 9.53. The molecule has 0 atom stereocenters. The first-order valence-electron chi connectivity index (χ1n) is 10.9. The van der Waals surface area contributed by atoms with Gasteiger partial charge in [-0.2, -0.15) is 5.10 Å². The molecule has 0 aliphatic carbocycles. The number of hydrogen-bond acceptors (Lipinski definition) is 4. The Morgan fingerprint density at radius 2 is 1.75 bits per heavy atom. The topological polar surface area (TPSA) is 100 Å². The van der Waals surface area contributed by atoms with E-state index in [1.54, 1.807) is 33.7 Å². The number of nitrogens with one attached hydrogen (secondary N) is 2. The summed E-state index contributed by atoms with van der Waals surface area (Å²) in [6.45, 7) is 3.22. The highest BCUT2D eigenvalue weighted by Crippen LogP contribution is 2.22. The molecule has 166 valence electrons. The maximum absolute atomic E-state index is 12.5. The third kappa shape index (κ3) is 4.80. The predicted molar refractivity (Wildman–Crippen MR) is 121 cm³/mol. The Morgan fingerprint density at radius 3 is 2.47 bits per heavy atom. The molecule has 2 aromatic carbocycles. The lowest BCUT2D eigenvalue weighted by atomic mass is 9.93. The van der Waals surface area contributed by atoms with Crippen molar-refractivity contribution in [3.05, 3.63) is 82.0 Å². The van der Waals surface area contributed by atoms with Crippen molar-refractivity contribution in [2.45, 2.75) is 26.2 Å². The van der Waals surface area contributed by atoms with E-state index in [1.165, 1.54) is 0 Å². The van der Waals surface area contributed by atoms with Crippen LogP contribution in [0, 0.1) is 12.8 Å². The van der Waals surface area contributed by atoms with E-state index in [9.17, 15) is 14.4 Å². The number of carbonyl (C=O) groups excluding carboxylic acids is 2. The van der Waals surface area contributed by atoms with Crippen LogP contribution in [0.25, 0.3) is 5.69 Å². The van der Waals surface area contributed by atoms with E-state index >= 15 is 0 Å². The van der Waals surface area contributed by atoms with E-state index in [2.05, 4.69) is 15.5 Å². The summed E-state index contributed by atoms with van der Waals surface area (Å²) < 4.78 is 1.64. The van der Waals surface area contributed by atoms with E-state index in [1.807, 2.05) is 37.3 Å². The van der Waals surface area contributed by atoms with E-state index in [0.717, 1.165) is 24.1 Å². The minimum atomic E-state index is -0.249. The number of benzene rings is 2. The van der Waals surface area contributed by atoms with E-state index in [4.69, 9.17) is 0 Å². The number of aromatic amines is 1. The highest BCUT2D eigenvalue weighted by atomic mass is 16.2. The number of likely N-dealkylation sites (tertiary alicyclic amines) is 1. The van der Waals surface area contributed by atoms with Crippen LogP contribution >= 0.6 is 0 Å². The van der Waals surface area contributed by atoms with Gasteiger partial charge in [-0.1, -0.05) is 36.4 Å². The molecular weight excluding hydrogens is 406 g/mol. The number of aryl methyl sites for hydroxylation is 1. The Hall–Kier alpha value is -3.68. The maximum atomic E-state index is 12.5. The molecule has 1 aromatic heterocycles. The monoisotopic (exact) mass is 433 g/mol. The van der Waals surface area contributed by atoms with Gasteiger partial charge >= 0.3 is 5.69 Å². The fourth-order valence-corrected chi connectivity index (χ4v) is 4.13. The molecule has 0 radical (unpaired) electrons. The summed E-state index contributed by atoms with van der Waals surface area (Å²) >= 11 is 0. The molecule has 2 N–H and O–H groups in total. The lowest BCUT2D eigenvalue weighted by Gasteiger charge is -2.32. The number of para-hydroxylation sites is 1. The molecule has 1 fully saturated rings. The third-order valence-electron chi connectivity index (χ3n) is 5.97. The summed E-state index contributed by atoms with van der Waals surface area (Å²) in [4.78, 5) is 38.8. The van der Waals surface area contributed by atoms with Crippen LogP contribution < -0.4 is 11.0 Å². The van der Waals surface area contributed by atoms with Gasteiger partial charge in [0.1, 0.15) is 5.82 Å². The van der Waals surface area contributed by atoms with Crippen molar-refractivity contribution < 1.29 is 9.59 Å². The molecule has 1 aliphatic rings. The summed E-state index contributed by atoms with van der Waals surface area (Å²) in [5.74, 6) is 0.714. The van der Waals surface area contributed by atoms with Gasteiger partial charge in [0.2, 0.25) is 5.91 Å². The van der Waals surface area contributed by atoms with Gasteiger partial charge in [-0.3, -0.25) is 9.59 Å². The van der Waals surface area contributed by atoms with Crippen molar-refractivity contribution in [2.75, 3.05) is 19.6 Å². The number of amides is 2. The molecule has 2 heterocycles. The number of nitrogens with zero attached hydrogens (tertiary/aromatic N) is 3. The first-order chi connectivity index (χ1) is 15.5. The Bertz CT molecular complexity index is 1140. The summed E-state index contributed by atoms with van der Waals surface area (Å²) in [7, 11) is 0. The second kappa shape index (κ2) is 9.64. The predicted octanol–water partition coefficient (Wildman–Crippen LogP) is 2.08. The molecule has 8 nitrogen and oxygen atoms in total. The number of piperidine rings is 1. The van der Waals surface area contributed by atoms with Gasteiger partial charge in [-0.15, -0.1) is 0 Å². The first-order valence-corrected chi connectivity index (χ1v) is 10.9. The minimum Gasteiger partial charge on any atom is -0.343 e. The second-order valence-corrected chi connectivity index (χ2v) is 8.14. The number of aromatic nitrogens is 3. The van der Waals surface area contributed by atoms with Gasteiger partial charge in [0.25, 0.3) is 5.91 Å². The van der Waals surface area contributed by atoms with Crippen LogP contribution in [-0.2, 0) is 11.2 Å². The molecule has 0 spiro atoms. The Morgan fingerprint density at radius 1 is 1.06 bits per heavy atom. The third-order valence-corrected chi connectivity index (χ3v) is 5.97. The van der Waals surface area contributed by atoms with Gasteiger partial charge in [0.05, 0.1) is 12.2 Å². The van der Waals surface area contributed by atoms with Crippen molar-refractivity contribution in [1.82, 2.24) is 25.0 Å². The van der Waals surface area contributed by atoms with Crippen molar-refractivity contribution in [3.63, 3.8) is 0 Å². The quantitative estimate of drug-likeness (QED) is 0.622.